The Morgan fingerprint density at radius 1 is 1.21 bits per heavy atom. The van der Waals surface area contributed by atoms with Crippen LogP contribution in [0, 0.1) is 12.8 Å². The minimum absolute atomic E-state index is 0.165. The number of hydrogen-bond acceptors (Lipinski definition) is 3. The second-order valence-corrected chi connectivity index (χ2v) is 10.2. The topological polar surface area (TPSA) is 57.7 Å². The van der Waals surface area contributed by atoms with E-state index in [4.69, 9.17) is 0 Å². The molecule has 1 aliphatic rings. The van der Waals surface area contributed by atoms with Gasteiger partial charge in [0.2, 0.25) is 5.91 Å². The Morgan fingerprint density at radius 2 is 1.93 bits per heavy atom. The molecule has 1 fully saturated rings. The molecule has 0 aromatic heterocycles. The Morgan fingerprint density at radius 3 is 2.57 bits per heavy atom. The SMILES string of the molecule is Cc1ccc(S(=O)(=O)N(CC(=O)N2CCC[C@H](C)C2)c2cccc(Br)c2)cc1. The summed E-state index contributed by atoms with van der Waals surface area (Å²) in [5, 5.41) is 0. The smallest absolute Gasteiger partial charge is 0.264 e. The zero-order valence-corrected chi connectivity index (χ0v) is 18.5. The maximum absolute atomic E-state index is 13.4. The summed E-state index contributed by atoms with van der Waals surface area (Å²) in [6.07, 6.45) is 2.05. The molecule has 0 saturated carbocycles. The highest BCUT2D eigenvalue weighted by atomic mass is 79.9. The monoisotopic (exact) mass is 464 g/mol. The molecule has 2 aromatic carbocycles. The average molecular weight is 465 g/mol. The Balaban J connectivity index is 1.95. The van der Waals surface area contributed by atoms with Crippen molar-refractivity contribution in [3.63, 3.8) is 0 Å². The van der Waals surface area contributed by atoms with Gasteiger partial charge in [-0.1, -0.05) is 46.6 Å². The van der Waals surface area contributed by atoms with Crippen LogP contribution in [-0.4, -0.2) is 38.9 Å². The summed E-state index contributed by atoms with van der Waals surface area (Å²) in [6, 6.07) is 13.7. The van der Waals surface area contributed by atoms with Crippen molar-refractivity contribution in [3.8, 4) is 0 Å². The van der Waals surface area contributed by atoms with Crippen molar-refractivity contribution in [1.82, 2.24) is 4.90 Å². The number of piperidine rings is 1. The number of benzene rings is 2. The molecule has 1 aliphatic heterocycles. The summed E-state index contributed by atoms with van der Waals surface area (Å²) in [7, 11) is -3.87. The first-order chi connectivity index (χ1) is 13.3. The standard InChI is InChI=1S/C21H25BrN2O3S/c1-16-8-10-20(11-9-16)28(26,27)24(19-7-3-6-18(22)13-19)15-21(25)23-12-4-5-17(2)14-23/h3,6-11,13,17H,4-5,12,14-15H2,1-2H3/t17-/m0/s1. The number of carbonyl (C=O) groups is 1. The van der Waals surface area contributed by atoms with E-state index in [0.717, 1.165) is 22.9 Å². The van der Waals surface area contributed by atoms with Crippen molar-refractivity contribution in [2.45, 2.75) is 31.6 Å². The highest BCUT2D eigenvalue weighted by Gasteiger charge is 2.30. The molecule has 7 heteroatoms. The Bertz CT molecular complexity index is 944. The maximum Gasteiger partial charge on any atom is 0.264 e. The van der Waals surface area contributed by atoms with Gasteiger partial charge in [-0.25, -0.2) is 8.42 Å². The Kier molecular flexibility index (Phi) is 6.45. The van der Waals surface area contributed by atoms with Crippen LogP contribution >= 0.6 is 15.9 Å². The van der Waals surface area contributed by atoms with Gasteiger partial charge in [-0.3, -0.25) is 9.10 Å². The molecule has 0 spiro atoms. The van der Waals surface area contributed by atoms with Crippen LogP contribution in [0.15, 0.2) is 57.9 Å². The van der Waals surface area contributed by atoms with Gasteiger partial charge in [0.25, 0.3) is 10.0 Å². The van der Waals surface area contributed by atoms with Crippen molar-refractivity contribution in [2.75, 3.05) is 23.9 Å². The molecular formula is C21H25BrN2O3S. The summed E-state index contributed by atoms with van der Waals surface area (Å²) < 4.78 is 28.7. The molecular weight excluding hydrogens is 440 g/mol. The fourth-order valence-corrected chi connectivity index (χ4v) is 5.22. The number of nitrogens with zero attached hydrogens (tertiary/aromatic N) is 2. The predicted molar refractivity (Wildman–Crippen MR) is 115 cm³/mol. The van der Waals surface area contributed by atoms with E-state index in [1.54, 1.807) is 47.4 Å². The van der Waals surface area contributed by atoms with Gasteiger partial charge in [0.05, 0.1) is 10.6 Å². The lowest BCUT2D eigenvalue weighted by Crippen LogP contribution is -2.46. The van der Waals surface area contributed by atoms with E-state index in [1.807, 2.05) is 13.0 Å². The van der Waals surface area contributed by atoms with Crippen molar-refractivity contribution in [1.29, 1.82) is 0 Å². The number of hydrogen-bond donors (Lipinski definition) is 0. The molecule has 5 nitrogen and oxygen atoms in total. The van der Waals surface area contributed by atoms with Gasteiger partial charge in [0, 0.05) is 17.6 Å². The van der Waals surface area contributed by atoms with E-state index in [0.29, 0.717) is 24.7 Å². The molecule has 1 heterocycles. The first-order valence-corrected chi connectivity index (χ1v) is 11.6. The quantitative estimate of drug-likeness (QED) is 0.665. The van der Waals surface area contributed by atoms with Gasteiger partial charge in [-0.2, -0.15) is 0 Å². The van der Waals surface area contributed by atoms with Crippen LogP contribution in [-0.2, 0) is 14.8 Å². The minimum atomic E-state index is -3.87. The zero-order chi connectivity index (χ0) is 20.3. The lowest BCUT2D eigenvalue weighted by molar-refractivity contribution is -0.131. The molecule has 0 unspecified atom stereocenters. The van der Waals surface area contributed by atoms with Crippen LogP contribution in [0.25, 0.3) is 0 Å². The molecule has 150 valence electrons. The van der Waals surface area contributed by atoms with Crippen molar-refractivity contribution in [2.24, 2.45) is 5.92 Å². The fourth-order valence-electron chi connectivity index (χ4n) is 3.42. The van der Waals surface area contributed by atoms with E-state index < -0.39 is 10.0 Å². The Hall–Kier alpha value is -1.86. The summed E-state index contributed by atoms with van der Waals surface area (Å²) >= 11 is 3.40. The lowest BCUT2D eigenvalue weighted by atomic mass is 10.0. The molecule has 0 bridgehead atoms. The second-order valence-electron chi connectivity index (χ2n) is 7.39. The first kappa shape index (κ1) is 20.9. The van der Waals surface area contributed by atoms with Crippen LogP contribution in [0.1, 0.15) is 25.3 Å². The van der Waals surface area contributed by atoms with Crippen molar-refractivity contribution in [3.05, 3.63) is 58.6 Å². The number of rotatable bonds is 5. The molecule has 2 aromatic rings. The van der Waals surface area contributed by atoms with Crippen LogP contribution in [0.2, 0.25) is 0 Å². The molecule has 1 amide bonds. The molecule has 0 aliphatic carbocycles. The maximum atomic E-state index is 13.4. The first-order valence-electron chi connectivity index (χ1n) is 9.40. The highest BCUT2D eigenvalue weighted by molar-refractivity contribution is 9.10. The van der Waals surface area contributed by atoms with E-state index in [9.17, 15) is 13.2 Å². The van der Waals surface area contributed by atoms with E-state index in [1.165, 1.54) is 4.31 Å². The summed E-state index contributed by atoms with van der Waals surface area (Å²) in [6.45, 7) is 5.17. The highest BCUT2D eigenvalue weighted by Crippen LogP contribution is 2.27. The molecule has 3 rings (SSSR count). The number of amides is 1. The van der Waals surface area contributed by atoms with Crippen molar-refractivity contribution >= 4 is 37.5 Å². The Labute approximate surface area is 175 Å². The van der Waals surface area contributed by atoms with Gasteiger partial charge >= 0.3 is 0 Å². The largest absolute Gasteiger partial charge is 0.341 e. The van der Waals surface area contributed by atoms with E-state index in [-0.39, 0.29) is 17.3 Å². The van der Waals surface area contributed by atoms with Crippen LogP contribution < -0.4 is 4.31 Å². The van der Waals surface area contributed by atoms with Gasteiger partial charge in [0.15, 0.2) is 0 Å². The van der Waals surface area contributed by atoms with Crippen LogP contribution in [0.4, 0.5) is 5.69 Å². The number of likely N-dealkylation sites (tertiary alicyclic amines) is 1. The molecule has 1 saturated heterocycles. The van der Waals surface area contributed by atoms with E-state index >= 15 is 0 Å². The fraction of sp³-hybridized carbons (Fsp3) is 0.381. The van der Waals surface area contributed by atoms with Crippen molar-refractivity contribution < 1.29 is 13.2 Å². The predicted octanol–water partition coefficient (Wildman–Crippen LogP) is 4.21. The van der Waals surface area contributed by atoms with Gasteiger partial charge in [-0.05, 0) is 56.0 Å². The number of carbonyl (C=O) groups excluding carboxylic acids is 1. The number of anilines is 1. The lowest BCUT2D eigenvalue weighted by Gasteiger charge is -2.33. The van der Waals surface area contributed by atoms with E-state index in [2.05, 4.69) is 22.9 Å². The summed E-state index contributed by atoms with van der Waals surface area (Å²) in [5.41, 5.74) is 1.44. The molecule has 1 atom stereocenters. The third kappa shape index (κ3) is 4.75. The van der Waals surface area contributed by atoms with Gasteiger partial charge in [0.1, 0.15) is 6.54 Å². The number of sulfonamides is 1. The minimum Gasteiger partial charge on any atom is -0.341 e. The van der Waals surface area contributed by atoms with Gasteiger partial charge < -0.3 is 4.90 Å². The molecule has 0 N–H and O–H groups in total. The van der Waals surface area contributed by atoms with Crippen LogP contribution in [0.3, 0.4) is 0 Å². The summed E-state index contributed by atoms with van der Waals surface area (Å²) in [4.78, 5) is 14.9. The molecule has 0 radical (unpaired) electrons. The number of halogens is 1. The third-order valence-electron chi connectivity index (χ3n) is 4.99. The second kappa shape index (κ2) is 8.66. The van der Waals surface area contributed by atoms with Gasteiger partial charge in [-0.15, -0.1) is 0 Å². The summed E-state index contributed by atoms with van der Waals surface area (Å²) in [5.74, 6) is 0.271. The zero-order valence-electron chi connectivity index (χ0n) is 16.1. The van der Waals surface area contributed by atoms with Crippen LogP contribution in [0.5, 0.6) is 0 Å². The molecule has 28 heavy (non-hydrogen) atoms. The third-order valence-corrected chi connectivity index (χ3v) is 7.28. The average Bonchev–Trinajstić information content (AvgIpc) is 2.66. The number of aryl methyl sites for hydroxylation is 1. The normalized spacial score (nSPS) is 17.4.